The molecule has 2 N–H and O–H groups in total. The molecule has 0 saturated carbocycles. The van der Waals surface area contributed by atoms with E-state index in [2.05, 4.69) is 10.3 Å². The summed E-state index contributed by atoms with van der Waals surface area (Å²) in [6.07, 6.45) is 1.37. The second kappa shape index (κ2) is 6.23. The molecule has 0 aliphatic heterocycles. The van der Waals surface area contributed by atoms with Gasteiger partial charge in [0.05, 0.1) is 12.1 Å². The van der Waals surface area contributed by atoms with Gasteiger partial charge in [-0.15, -0.1) is 0 Å². The first-order valence-corrected chi connectivity index (χ1v) is 6.23. The maximum atomic E-state index is 12.0. The fraction of sp³-hybridized carbons (Fsp3) is 0.0714. The van der Waals surface area contributed by atoms with E-state index in [0.29, 0.717) is 10.7 Å². The van der Waals surface area contributed by atoms with E-state index in [-0.39, 0.29) is 17.0 Å². The summed E-state index contributed by atoms with van der Waals surface area (Å²) in [4.78, 5) is 26.8. The van der Waals surface area contributed by atoms with Crippen molar-refractivity contribution in [2.75, 3.05) is 12.4 Å². The minimum Gasteiger partial charge on any atom is -0.496 e. The van der Waals surface area contributed by atoms with Crippen LogP contribution >= 0.6 is 11.6 Å². The zero-order chi connectivity index (χ0) is 15.4. The lowest BCUT2D eigenvalue weighted by Gasteiger charge is -2.09. The molecule has 7 heteroatoms. The highest BCUT2D eigenvalue weighted by Crippen LogP contribution is 2.23. The average Bonchev–Trinajstić information content (AvgIpc) is 2.47. The van der Waals surface area contributed by atoms with Crippen LogP contribution in [0.1, 0.15) is 20.8 Å². The third kappa shape index (κ3) is 3.49. The number of nitrogens with one attached hydrogen (secondary N) is 1. The van der Waals surface area contributed by atoms with Crippen molar-refractivity contribution >= 4 is 29.2 Å². The molecule has 0 atom stereocenters. The Kier molecular flexibility index (Phi) is 4.39. The molecule has 21 heavy (non-hydrogen) atoms. The number of aromatic nitrogens is 1. The summed E-state index contributed by atoms with van der Waals surface area (Å²) in [7, 11) is 1.36. The minimum atomic E-state index is -1.11. The molecule has 1 aromatic heterocycles. The van der Waals surface area contributed by atoms with Crippen molar-refractivity contribution in [1.82, 2.24) is 4.98 Å². The van der Waals surface area contributed by atoms with E-state index >= 15 is 0 Å². The molecule has 1 heterocycles. The SMILES string of the molecule is COc1cc(NC(=O)c2ccc(Cl)cn2)ccc1C(=O)O. The number of ether oxygens (including phenoxy) is 1. The van der Waals surface area contributed by atoms with Crippen molar-refractivity contribution in [2.45, 2.75) is 0 Å². The minimum absolute atomic E-state index is 0.0140. The molecule has 0 bridgehead atoms. The Morgan fingerprint density at radius 3 is 2.62 bits per heavy atom. The molecule has 0 radical (unpaired) electrons. The number of pyridine rings is 1. The van der Waals surface area contributed by atoms with Gasteiger partial charge in [-0.3, -0.25) is 4.79 Å². The summed E-state index contributed by atoms with van der Waals surface area (Å²) in [5.74, 6) is -1.38. The van der Waals surface area contributed by atoms with Gasteiger partial charge in [-0.05, 0) is 24.3 Å². The standard InChI is InChI=1S/C14H11ClN2O4/c1-21-12-6-9(3-4-10(12)14(19)20)17-13(18)11-5-2-8(15)7-16-11/h2-7H,1H3,(H,17,18)(H,19,20). The molecule has 0 aliphatic rings. The summed E-state index contributed by atoms with van der Waals surface area (Å²) in [6.45, 7) is 0. The number of carbonyl (C=O) groups is 2. The molecule has 2 rings (SSSR count). The number of hydrogen-bond donors (Lipinski definition) is 2. The van der Waals surface area contributed by atoms with Crippen LogP contribution in [0.25, 0.3) is 0 Å². The predicted octanol–water partition coefficient (Wildman–Crippen LogP) is 2.69. The monoisotopic (exact) mass is 306 g/mol. The molecule has 1 aromatic carbocycles. The topological polar surface area (TPSA) is 88.5 Å². The number of anilines is 1. The predicted molar refractivity (Wildman–Crippen MR) is 77.2 cm³/mol. The number of carboxylic acid groups (broad SMARTS) is 1. The van der Waals surface area contributed by atoms with Crippen LogP contribution in [0.5, 0.6) is 5.75 Å². The molecule has 6 nitrogen and oxygen atoms in total. The molecule has 2 aromatic rings. The van der Waals surface area contributed by atoms with Crippen molar-refractivity contribution < 1.29 is 19.4 Å². The summed E-state index contributed by atoms with van der Waals surface area (Å²) in [6, 6.07) is 7.29. The molecular formula is C14H11ClN2O4. The zero-order valence-corrected chi connectivity index (χ0v) is 11.7. The highest BCUT2D eigenvalue weighted by Gasteiger charge is 2.13. The first-order valence-electron chi connectivity index (χ1n) is 5.85. The van der Waals surface area contributed by atoms with Crippen LogP contribution in [-0.2, 0) is 0 Å². The Hall–Kier alpha value is -2.60. The normalized spacial score (nSPS) is 10.0. The molecule has 0 spiro atoms. The number of carbonyl (C=O) groups excluding carboxylic acids is 1. The molecule has 0 saturated heterocycles. The van der Waals surface area contributed by atoms with Gasteiger partial charge in [0.1, 0.15) is 17.0 Å². The fourth-order valence-corrected chi connectivity index (χ4v) is 1.76. The molecule has 0 fully saturated rings. The Morgan fingerprint density at radius 2 is 2.05 bits per heavy atom. The Labute approximate surface area is 125 Å². The maximum Gasteiger partial charge on any atom is 0.339 e. The Morgan fingerprint density at radius 1 is 1.29 bits per heavy atom. The van der Waals surface area contributed by atoms with E-state index < -0.39 is 11.9 Å². The number of aromatic carboxylic acids is 1. The van der Waals surface area contributed by atoms with Gasteiger partial charge in [0.2, 0.25) is 0 Å². The number of rotatable bonds is 4. The van der Waals surface area contributed by atoms with Crippen LogP contribution in [0.3, 0.4) is 0 Å². The number of methoxy groups -OCH3 is 1. The number of nitrogens with zero attached hydrogens (tertiary/aromatic N) is 1. The van der Waals surface area contributed by atoms with Crippen molar-refractivity contribution in [3.8, 4) is 5.75 Å². The van der Waals surface area contributed by atoms with Crippen molar-refractivity contribution in [1.29, 1.82) is 0 Å². The van der Waals surface area contributed by atoms with Gasteiger partial charge in [0, 0.05) is 18.0 Å². The smallest absolute Gasteiger partial charge is 0.339 e. The van der Waals surface area contributed by atoms with E-state index in [1.165, 1.54) is 37.6 Å². The lowest BCUT2D eigenvalue weighted by molar-refractivity contribution is 0.0693. The van der Waals surface area contributed by atoms with Crippen LogP contribution < -0.4 is 10.1 Å². The highest BCUT2D eigenvalue weighted by atomic mass is 35.5. The number of carboxylic acids is 1. The van der Waals surface area contributed by atoms with Crippen LogP contribution in [0.15, 0.2) is 36.5 Å². The lowest BCUT2D eigenvalue weighted by Crippen LogP contribution is -2.13. The molecule has 0 unspecified atom stereocenters. The average molecular weight is 307 g/mol. The first kappa shape index (κ1) is 14.8. The van der Waals surface area contributed by atoms with Crippen molar-refractivity contribution in [3.05, 3.63) is 52.8 Å². The fourth-order valence-electron chi connectivity index (χ4n) is 1.65. The van der Waals surface area contributed by atoms with Crippen LogP contribution in [0.4, 0.5) is 5.69 Å². The third-order valence-electron chi connectivity index (χ3n) is 2.65. The van der Waals surface area contributed by atoms with Gasteiger partial charge in [0.15, 0.2) is 0 Å². The van der Waals surface area contributed by atoms with E-state index in [4.69, 9.17) is 21.4 Å². The van der Waals surface area contributed by atoms with Gasteiger partial charge in [-0.25, -0.2) is 9.78 Å². The quantitative estimate of drug-likeness (QED) is 0.906. The van der Waals surface area contributed by atoms with E-state index in [0.717, 1.165) is 0 Å². The lowest BCUT2D eigenvalue weighted by atomic mass is 10.2. The van der Waals surface area contributed by atoms with Gasteiger partial charge < -0.3 is 15.2 Å². The highest BCUT2D eigenvalue weighted by molar-refractivity contribution is 6.30. The summed E-state index contributed by atoms with van der Waals surface area (Å²) < 4.78 is 4.99. The largest absolute Gasteiger partial charge is 0.496 e. The van der Waals surface area contributed by atoms with Gasteiger partial charge in [0.25, 0.3) is 5.91 Å². The number of amides is 1. The van der Waals surface area contributed by atoms with Crippen LogP contribution in [0, 0.1) is 0 Å². The van der Waals surface area contributed by atoms with E-state index in [9.17, 15) is 9.59 Å². The van der Waals surface area contributed by atoms with Crippen LogP contribution in [-0.4, -0.2) is 29.1 Å². The Bertz CT molecular complexity index is 686. The first-order chi connectivity index (χ1) is 10.0. The van der Waals surface area contributed by atoms with Gasteiger partial charge in [-0.1, -0.05) is 11.6 Å². The molecular weight excluding hydrogens is 296 g/mol. The van der Waals surface area contributed by atoms with Gasteiger partial charge in [-0.2, -0.15) is 0 Å². The van der Waals surface area contributed by atoms with Crippen molar-refractivity contribution in [2.24, 2.45) is 0 Å². The van der Waals surface area contributed by atoms with Crippen molar-refractivity contribution in [3.63, 3.8) is 0 Å². The molecule has 108 valence electrons. The second-order valence-electron chi connectivity index (χ2n) is 4.04. The number of benzene rings is 1. The third-order valence-corrected chi connectivity index (χ3v) is 2.87. The number of halogens is 1. The van der Waals surface area contributed by atoms with Crippen LogP contribution in [0.2, 0.25) is 5.02 Å². The summed E-state index contributed by atoms with van der Waals surface area (Å²) in [5.41, 5.74) is 0.611. The molecule has 0 aliphatic carbocycles. The van der Waals surface area contributed by atoms with E-state index in [1.807, 2.05) is 0 Å². The van der Waals surface area contributed by atoms with Gasteiger partial charge >= 0.3 is 5.97 Å². The number of hydrogen-bond acceptors (Lipinski definition) is 4. The molecule has 1 amide bonds. The second-order valence-corrected chi connectivity index (χ2v) is 4.47. The van der Waals surface area contributed by atoms with E-state index in [1.54, 1.807) is 6.07 Å². The Balaban J connectivity index is 2.21. The summed E-state index contributed by atoms with van der Waals surface area (Å²) >= 11 is 5.70. The maximum absolute atomic E-state index is 12.0. The zero-order valence-electron chi connectivity index (χ0n) is 11.0. The summed E-state index contributed by atoms with van der Waals surface area (Å²) in [5, 5.41) is 12.0.